The summed E-state index contributed by atoms with van der Waals surface area (Å²) in [6.07, 6.45) is 0. The second kappa shape index (κ2) is 6.00. The van der Waals surface area contributed by atoms with Crippen molar-refractivity contribution in [3.63, 3.8) is 0 Å². The van der Waals surface area contributed by atoms with Crippen LogP contribution in [0.4, 0.5) is 0 Å². The predicted octanol–water partition coefficient (Wildman–Crippen LogP) is 4.98. The summed E-state index contributed by atoms with van der Waals surface area (Å²) in [5.41, 5.74) is 5.41. The highest BCUT2D eigenvalue weighted by Crippen LogP contribution is 2.22. The van der Waals surface area contributed by atoms with Crippen LogP contribution in [0.2, 0.25) is 0 Å². The topological polar surface area (TPSA) is 12.0 Å². The fraction of sp³-hybridized carbons (Fsp3) is 0.333. The normalized spacial score (nSPS) is 12.7. The third-order valence-corrected chi connectivity index (χ3v) is 4.69. The van der Waals surface area contributed by atoms with Crippen LogP contribution in [0.1, 0.15) is 35.2 Å². The van der Waals surface area contributed by atoms with Crippen LogP contribution < -0.4 is 5.32 Å². The molecule has 0 radical (unpaired) electrons. The molecule has 2 rings (SSSR count). The Bertz CT molecular complexity index is 533. The van der Waals surface area contributed by atoms with Crippen LogP contribution in [0.5, 0.6) is 0 Å². The average Bonchev–Trinajstić information content (AvgIpc) is 2.75. The SMILES string of the molecule is Cc1ccc(C)c(C(C)NCc2csc(Br)c2)c1. The first kappa shape index (κ1) is 13.8. The van der Waals surface area contributed by atoms with Gasteiger partial charge in [-0.05, 0) is 64.8 Å². The van der Waals surface area contributed by atoms with Crippen LogP contribution in [0.25, 0.3) is 0 Å². The van der Waals surface area contributed by atoms with Crippen LogP contribution in [-0.4, -0.2) is 0 Å². The molecule has 0 amide bonds. The fourth-order valence-electron chi connectivity index (χ4n) is 2.05. The number of nitrogens with one attached hydrogen (secondary N) is 1. The van der Waals surface area contributed by atoms with Gasteiger partial charge in [0.2, 0.25) is 0 Å². The molecule has 0 aliphatic rings. The van der Waals surface area contributed by atoms with Crippen molar-refractivity contribution in [1.29, 1.82) is 0 Å². The van der Waals surface area contributed by atoms with Crippen molar-refractivity contribution >= 4 is 27.3 Å². The highest BCUT2D eigenvalue weighted by atomic mass is 79.9. The van der Waals surface area contributed by atoms with E-state index in [0.29, 0.717) is 6.04 Å². The van der Waals surface area contributed by atoms with Gasteiger partial charge >= 0.3 is 0 Å². The summed E-state index contributed by atoms with van der Waals surface area (Å²) in [5, 5.41) is 5.77. The number of halogens is 1. The number of rotatable bonds is 4. The van der Waals surface area contributed by atoms with Crippen LogP contribution in [0.15, 0.2) is 33.4 Å². The molecule has 18 heavy (non-hydrogen) atoms. The molecule has 2 aromatic rings. The van der Waals surface area contributed by atoms with E-state index in [1.807, 2.05) is 0 Å². The molecule has 0 bridgehead atoms. The van der Waals surface area contributed by atoms with Gasteiger partial charge in [-0.1, -0.05) is 23.8 Å². The van der Waals surface area contributed by atoms with Gasteiger partial charge in [-0.15, -0.1) is 11.3 Å². The van der Waals surface area contributed by atoms with Crippen molar-refractivity contribution in [3.8, 4) is 0 Å². The lowest BCUT2D eigenvalue weighted by molar-refractivity contribution is 0.572. The Morgan fingerprint density at radius 3 is 2.72 bits per heavy atom. The zero-order valence-electron chi connectivity index (χ0n) is 11.0. The summed E-state index contributed by atoms with van der Waals surface area (Å²) in [5.74, 6) is 0. The lowest BCUT2D eigenvalue weighted by Crippen LogP contribution is -2.18. The monoisotopic (exact) mass is 323 g/mol. The summed E-state index contributed by atoms with van der Waals surface area (Å²) in [4.78, 5) is 0. The Balaban J connectivity index is 2.03. The Morgan fingerprint density at radius 2 is 2.06 bits per heavy atom. The second-order valence-electron chi connectivity index (χ2n) is 4.72. The van der Waals surface area contributed by atoms with E-state index in [-0.39, 0.29) is 0 Å². The molecule has 96 valence electrons. The maximum atomic E-state index is 3.58. The fourth-order valence-corrected chi connectivity index (χ4v) is 3.25. The second-order valence-corrected chi connectivity index (χ2v) is 7.01. The first-order valence-corrected chi connectivity index (χ1v) is 7.77. The van der Waals surface area contributed by atoms with Gasteiger partial charge in [-0.25, -0.2) is 0 Å². The summed E-state index contributed by atoms with van der Waals surface area (Å²) >= 11 is 5.23. The molecule has 1 heterocycles. The van der Waals surface area contributed by atoms with Gasteiger partial charge in [0.05, 0.1) is 3.79 Å². The molecular formula is C15H18BrNS. The molecule has 0 aliphatic heterocycles. The van der Waals surface area contributed by atoms with E-state index in [1.165, 1.54) is 26.0 Å². The van der Waals surface area contributed by atoms with Gasteiger partial charge in [-0.3, -0.25) is 0 Å². The van der Waals surface area contributed by atoms with Gasteiger partial charge in [0.15, 0.2) is 0 Å². The van der Waals surface area contributed by atoms with Crippen molar-refractivity contribution in [3.05, 3.63) is 55.7 Å². The molecule has 1 nitrogen and oxygen atoms in total. The van der Waals surface area contributed by atoms with Gasteiger partial charge in [0.25, 0.3) is 0 Å². The quantitative estimate of drug-likeness (QED) is 0.836. The van der Waals surface area contributed by atoms with E-state index >= 15 is 0 Å². The molecule has 1 aromatic carbocycles. The van der Waals surface area contributed by atoms with Gasteiger partial charge in [0.1, 0.15) is 0 Å². The summed E-state index contributed by atoms with van der Waals surface area (Å²) in [7, 11) is 0. The van der Waals surface area contributed by atoms with E-state index < -0.39 is 0 Å². The number of aryl methyl sites for hydroxylation is 2. The standard InChI is InChI=1S/C15H18BrNS/c1-10-4-5-11(2)14(6-10)12(3)17-8-13-7-15(16)18-9-13/h4-7,9,12,17H,8H2,1-3H3. The first-order valence-electron chi connectivity index (χ1n) is 6.09. The van der Waals surface area contributed by atoms with E-state index in [1.54, 1.807) is 11.3 Å². The maximum absolute atomic E-state index is 3.58. The van der Waals surface area contributed by atoms with Crippen LogP contribution in [0, 0.1) is 13.8 Å². The Hall–Kier alpha value is -0.640. The zero-order chi connectivity index (χ0) is 13.1. The van der Waals surface area contributed by atoms with Crippen molar-refractivity contribution in [1.82, 2.24) is 5.32 Å². The molecule has 1 aromatic heterocycles. The molecule has 3 heteroatoms. The summed E-state index contributed by atoms with van der Waals surface area (Å²) in [6.45, 7) is 7.46. The number of hydrogen-bond donors (Lipinski definition) is 1. The zero-order valence-corrected chi connectivity index (χ0v) is 13.4. The molecule has 0 saturated carbocycles. The van der Waals surface area contributed by atoms with E-state index in [4.69, 9.17) is 0 Å². The minimum Gasteiger partial charge on any atom is -0.306 e. The van der Waals surface area contributed by atoms with Gasteiger partial charge < -0.3 is 5.32 Å². The lowest BCUT2D eigenvalue weighted by atomic mass is 10.00. The van der Waals surface area contributed by atoms with Crippen molar-refractivity contribution < 1.29 is 0 Å². The van der Waals surface area contributed by atoms with E-state index in [0.717, 1.165) is 6.54 Å². The minimum atomic E-state index is 0.378. The molecular weight excluding hydrogens is 306 g/mol. The molecule has 0 spiro atoms. The smallest absolute Gasteiger partial charge is 0.0701 e. The number of benzene rings is 1. The predicted molar refractivity (Wildman–Crippen MR) is 83.2 cm³/mol. The molecule has 0 fully saturated rings. The third-order valence-electron chi connectivity index (χ3n) is 3.14. The Kier molecular flexibility index (Phi) is 4.60. The van der Waals surface area contributed by atoms with E-state index in [9.17, 15) is 0 Å². The van der Waals surface area contributed by atoms with Gasteiger partial charge in [-0.2, -0.15) is 0 Å². The molecule has 0 aliphatic carbocycles. The lowest BCUT2D eigenvalue weighted by Gasteiger charge is -2.17. The molecule has 1 unspecified atom stereocenters. The first-order chi connectivity index (χ1) is 8.56. The number of hydrogen-bond acceptors (Lipinski definition) is 2. The average molecular weight is 324 g/mol. The highest BCUT2D eigenvalue weighted by molar-refractivity contribution is 9.11. The third kappa shape index (κ3) is 3.44. The molecule has 0 saturated heterocycles. The number of thiophene rings is 1. The summed E-state index contributed by atoms with van der Waals surface area (Å²) in [6, 6.07) is 9.19. The molecule has 1 atom stereocenters. The Morgan fingerprint density at radius 1 is 1.28 bits per heavy atom. The maximum Gasteiger partial charge on any atom is 0.0701 e. The molecule has 1 N–H and O–H groups in total. The van der Waals surface area contributed by atoms with Crippen molar-refractivity contribution in [2.24, 2.45) is 0 Å². The van der Waals surface area contributed by atoms with Crippen molar-refractivity contribution in [2.75, 3.05) is 0 Å². The van der Waals surface area contributed by atoms with Crippen LogP contribution in [0.3, 0.4) is 0 Å². The van der Waals surface area contributed by atoms with Gasteiger partial charge in [0, 0.05) is 12.6 Å². The van der Waals surface area contributed by atoms with Crippen LogP contribution in [-0.2, 0) is 6.54 Å². The Labute approximate surface area is 121 Å². The largest absolute Gasteiger partial charge is 0.306 e. The van der Waals surface area contributed by atoms with Crippen LogP contribution >= 0.6 is 27.3 Å². The minimum absolute atomic E-state index is 0.378. The highest BCUT2D eigenvalue weighted by Gasteiger charge is 2.08. The van der Waals surface area contributed by atoms with E-state index in [2.05, 4.69) is 71.7 Å². The summed E-state index contributed by atoms with van der Waals surface area (Å²) < 4.78 is 1.19. The van der Waals surface area contributed by atoms with Crippen molar-refractivity contribution in [2.45, 2.75) is 33.4 Å².